The van der Waals surface area contributed by atoms with Crippen LogP contribution in [-0.2, 0) is 11.3 Å². The SMILES string of the molecule is O=C(Nc1ccc(OC(F)(F)F)cc1)OCC1CCn2cc([N+](=O)[O-])nc2O1. The lowest BCUT2D eigenvalue weighted by Gasteiger charge is -2.21. The predicted molar refractivity (Wildman–Crippen MR) is 86.0 cm³/mol. The molecule has 2 aromatic rings. The van der Waals surface area contributed by atoms with Crippen molar-refractivity contribution < 1.29 is 37.1 Å². The highest BCUT2D eigenvalue weighted by molar-refractivity contribution is 5.84. The summed E-state index contributed by atoms with van der Waals surface area (Å²) in [6.45, 7) is 0.272. The van der Waals surface area contributed by atoms with E-state index in [1.54, 1.807) is 0 Å². The van der Waals surface area contributed by atoms with Gasteiger partial charge in [0.25, 0.3) is 0 Å². The molecule has 0 fully saturated rings. The third-order valence-corrected chi connectivity index (χ3v) is 3.61. The fourth-order valence-corrected chi connectivity index (χ4v) is 2.40. The second-order valence-electron chi connectivity index (χ2n) is 5.66. The number of ether oxygens (including phenoxy) is 3. The van der Waals surface area contributed by atoms with Crippen molar-refractivity contribution in [1.29, 1.82) is 0 Å². The molecule has 2 heterocycles. The number of hydrogen-bond acceptors (Lipinski definition) is 7. The fourth-order valence-electron chi connectivity index (χ4n) is 2.40. The van der Waals surface area contributed by atoms with E-state index in [1.165, 1.54) is 22.9 Å². The summed E-state index contributed by atoms with van der Waals surface area (Å²) in [4.78, 5) is 25.6. The van der Waals surface area contributed by atoms with Crippen LogP contribution in [-0.4, -0.2) is 39.6 Å². The number of benzene rings is 1. The lowest BCUT2D eigenvalue weighted by atomic mass is 10.2. The standard InChI is InChI=1S/C15H13F3N4O6/c16-15(17,18)28-10-3-1-9(2-4-10)19-14(23)26-8-11-5-6-21-7-12(22(24)25)20-13(21)27-11/h1-4,7,11H,5-6,8H2,(H,19,23). The Bertz CT molecular complexity index is 868. The van der Waals surface area contributed by atoms with Gasteiger partial charge in [0.05, 0.1) is 0 Å². The summed E-state index contributed by atoms with van der Waals surface area (Å²) < 4.78 is 52.0. The van der Waals surface area contributed by atoms with Crippen LogP contribution in [0, 0.1) is 10.1 Å². The van der Waals surface area contributed by atoms with E-state index in [0.29, 0.717) is 13.0 Å². The first-order valence-electron chi connectivity index (χ1n) is 7.87. The summed E-state index contributed by atoms with van der Waals surface area (Å²) in [7, 11) is 0. The molecule has 1 aromatic carbocycles. The van der Waals surface area contributed by atoms with Crippen LogP contribution in [0.2, 0.25) is 0 Å². The molecule has 1 aliphatic rings. The maximum atomic E-state index is 12.1. The fraction of sp³-hybridized carbons (Fsp3) is 0.333. The molecule has 0 aliphatic carbocycles. The highest BCUT2D eigenvalue weighted by Gasteiger charge is 2.31. The number of imidazole rings is 1. The minimum absolute atomic E-state index is 0.0622. The van der Waals surface area contributed by atoms with Crippen LogP contribution in [0.1, 0.15) is 6.42 Å². The zero-order valence-electron chi connectivity index (χ0n) is 14.0. The van der Waals surface area contributed by atoms with Gasteiger partial charge in [0, 0.05) is 23.6 Å². The lowest BCUT2D eigenvalue weighted by molar-refractivity contribution is -0.389. The Morgan fingerprint density at radius 1 is 1.39 bits per heavy atom. The molecule has 10 nitrogen and oxygen atoms in total. The molecular weight excluding hydrogens is 389 g/mol. The van der Waals surface area contributed by atoms with Crippen LogP contribution in [0.3, 0.4) is 0 Å². The van der Waals surface area contributed by atoms with Crippen molar-refractivity contribution in [3.8, 4) is 11.8 Å². The van der Waals surface area contributed by atoms with Gasteiger partial charge in [-0.3, -0.25) is 9.88 Å². The minimum Gasteiger partial charge on any atom is -0.445 e. The number of hydrogen-bond donors (Lipinski definition) is 1. The summed E-state index contributed by atoms with van der Waals surface area (Å²) in [6, 6.07) is 4.58. The van der Waals surface area contributed by atoms with Gasteiger partial charge in [0.2, 0.25) is 0 Å². The molecule has 1 N–H and O–H groups in total. The van der Waals surface area contributed by atoms with E-state index < -0.39 is 29.2 Å². The van der Waals surface area contributed by atoms with Crippen molar-refractivity contribution >= 4 is 17.6 Å². The van der Waals surface area contributed by atoms with Crippen molar-refractivity contribution in [3.05, 3.63) is 40.6 Å². The second-order valence-corrected chi connectivity index (χ2v) is 5.66. The van der Waals surface area contributed by atoms with Gasteiger partial charge in [0.1, 0.15) is 24.7 Å². The quantitative estimate of drug-likeness (QED) is 0.603. The highest BCUT2D eigenvalue weighted by atomic mass is 19.4. The van der Waals surface area contributed by atoms with E-state index in [1.807, 2.05) is 0 Å². The van der Waals surface area contributed by atoms with E-state index >= 15 is 0 Å². The molecule has 1 atom stereocenters. The van der Waals surface area contributed by atoms with E-state index in [2.05, 4.69) is 15.0 Å². The molecular formula is C15H13F3N4O6. The highest BCUT2D eigenvalue weighted by Crippen LogP contribution is 2.25. The largest absolute Gasteiger partial charge is 0.573 e. The van der Waals surface area contributed by atoms with Gasteiger partial charge in [-0.2, -0.15) is 0 Å². The number of amides is 1. The topological polar surface area (TPSA) is 118 Å². The molecule has 13 heteroatoms. The van der Waals surface area contributed by atoms with Crippen LogP contribution in [0.15, 0.2) is 30.5 Å². The van der Waals surface area contributed by atoms with Gasteiger partial charge in [-0.25, -0.2) is 4.79 Å². The molecule has 0 bridgehead atoms. The number of aromatic nitrogens is 2. The Labute approximate surface area is 155 Å². The van der Waals surface area contributed by atoms with Gasteiger partial charge < -0.3 is 24.3 Å². The molecule has 0 saturated heterocycles. The van der Waals surface area contributed by atoms with Crippen LogP contribution >= 0.6 is 0 Å². The molecule has 0 radical (unpaired) electrons. The smallest absolute Gasteiger partial charge is 0.445 e. The first-order chi connectivity index (χ1) is 13.2. The maximum absolute atomic E-state index is 12.1. The summed E-state index contributed by atoms with van der Waals surface area (Å²) in [5.74, 6) is -0.765. The first-order valence-corrected chi connectivity index (χ1v) is 7.87. The molecule has 0 spiro atoms. The Hall–Kier alpha value is -3.51. The van der Waals surface area contributed by atoms with E-state index in [9.17, 15) is 28.1 Å². The molecule has 1 amide bonds. The molecule has 28 heavy (non-hydrogen) atoms. The van der Waals surface area contributed by atoms with E-state index in [0.717, 1.165) is 12.1 Å². The van der Waals surface area contributed by atoms with E-state index in [-0.39, 0.29) is 24.1 Å². The normalized spacial score (nSPS) is 15.9. The maximum Gasteiger partial charge on any atom is 0.573 e. The van der Waals surface area contributed by atoms with Crippen LogP contribution in [0.25, 0.3) is 0 Å². The third-order valence-electron chi connectivity index (χ3n) is 3.61. The number of carbonyl (C=O) groups is 1. The van der Waals surface area contributed by atoms with Crippen molar-refractivity contribution in [1.82, 2.24) is 9.55 Å². The van der Waals surface area contributed by atoms with Crippen LogP contribution in [0.4, 0.5) is 29.5 Å². The molecule has 1 unspecified atom stereocenters. The van der Waals surface area contributed by atoms with Gasteiger partial charge >= 0.3 is 24.3 Å². The number of nitrogens with one attached hydrogen (secondary N) is 1. The van der Waals surface area contributed by atoms with Crippen LogP contribution in [0.5, 0.6) is 11.8 Å². The number of nitrogens with zero attached hydrogens (tertiary/aromatic N) is 3. The van der Waals surface area contributed by atoms with Crippen LogP contribution < -0.4 is 14.8 Å². The number of alkyl halides is 3. The number of aryl methyl sites for hydroxylation is 1. The summed E-state index contributed by atoms with van der Waals surface area (Å²) in [5, 5.41) is 13.1. The van der Waals surface area contributed by atoms with Gasteiger partial charge in [0.15, 0.2) is 0 Å². The zero-order valence-corrected chi connectivity index (χ0v) is 14.0. The van der Waals surface area contributed by atoms with Gasteiger partial charge in [-0.05, 0) is 29.2 Å². The average molecular weight is 402 g/mol. The van der Waals surface area contributed by atoms with Crippen molar-refractivity contribution in [2.75, 3.05) is 11.9 Å². The van der Waals surface area contributed by atoms with Crippen molar-refractivity contribution in [2.24, 2.45) is 0 Å². The summed E-state index contributed by atoms with van der Waals surface area (Å²) in [5.41, 5.74) is 0.204. The number of nitro groups is 1. The minimum atomic E-state index is -4.80. The number of anilines is 1. The van der Waals surface area contributed by atoms with Crippen molar-refractivity contribution in [2.45, 2.75) is 25.4 Å². The van der Waals surface area contributed by atoms with E-state index in [4.69, 9.17) is 9.47 Å². The van der Waals surface area contributed by atoms with Crippen molar-refractivity contribution in [3.63, 3.8) is 0 Å². The summed E-state index contributed by atoms with van der Waals surface area (Å²) in [6.07, 6.45) is -4.48. The monoisotopic (exact) mass is 402 g/mol. The van der Waals surface area contributed by atoms with Gasteiger partial charge in [-0.1, -0.05) is 0 Å². The first kappa shape index (κ1) is 19.3. The number of carbonyl (C=O) groups excluding carboxylic acids is 1. The number of rotatable bonds is 5. The number of halogens is 3. The Morgan fingerprint density at radius 2 is 2.11 bits per heavy atom. The number of fused-ring (bicyclic) bond motifs is 1. The predicted octanol–water partition coefficient (Wildman–Crippen LogP) is 3.09. The molecule has 150 valence electrons. The Morgan fingerprint density at radius 3 is 2.75 bits per heavy atom. The molecule has 1 aliphatic heterocycles. The Balaban J connectivity index is 1.47. The third kappa shape index (κ3) is 5.02. The average Bonchev–Trinajstić information content (AvgIpc) is 3.04. The molecule has 1 aromatic heterocycles. The second kappa shape index (κ2) is 7.62. The lowest BCUT2D eigenvalue weighted by Crippen LogP contribution is -2.32. The molecule has 3 rings (SSSR count). The summed E-state index contributed by atoms with van der Waals surface area (Å²) >= 11 is 0. The Kier molecular flexibility index (Phi) is 5.24. The molecule has 0 saturated carbocycles. The van der Waals surface area contributed by atoms with Gasteiger partial charge in [-0.15, -0.1) is 13.2 Å². The zero-order chi connectivity index (χ0) is 20.3.